The number of aromatic nitrogens is 3. The number of nitrogen functional groups attached to an aromatic ring is 1. The van der Waals surface area contributed by atoms with Crippen molar-refractivity contribution < 1.29 is 4.79 Å². The van der Waals surface area contributed by atoms with Crippen molar-refractivity contribution in [3.05, 3.63) is 72.7 Å². The number of nitrogens with zero attached hydrogens (tertiary/aromatic N) is 3. The zero-order chi connectivity index (χ0) is 19.6. The molecule has 142 valence electrons. The van der Waals surface area contributed by atoms with Crippen molar-refractivity contribution in [1.82, 2.24) is 15.0 Å². The van der Waals surface area contributed by atoms with Gasteiger partial charge in [0.25, 0.3) is 0 Å². The van der Waals surface area contributed by atoms with E-state index >= 15 is 0 Å². The highest BCUT2D eigenvalue weighted by Crippen LogP contribution is 2.16. The number of hydrogen-bond donors (Lipinski definition) is 4. The molecular formula is C20H21N7O. The first-order valence-electron chi connectivity index (χ1n) is 8.75. The zero-order valence-electron chi connectivity index (χ0n) is 15.2. The van der Waals surface area contributed by atoms with Crippen molar-refractivity contribution >= 4 is 35.1 Å². The Bertz CT molecular complexity index is 927. The van der Waals surface area contributed by atoms with Gasteiger partial charge < -0.3 is 21.7 Å². The molecule has 1 aromatic carbocycles. The van der Waals surface area contributed by atoms with Crippen molar-refractivity contribution in [1.29, 1.82) is 0 Å². The van der Waals surface area contributed by atoms with Gasteiger partial charge in [-0.05, 0) is 42.0 Å². The van der Waals surface area contributed by atoms with Crippen LogP contribution in [0.2, 0.25) is 0 Å². The Morgan fingerprint density at radius 3 is 2.50 bits per heavy atom. The van der Waals surface area contributed by atoms with Crippen LogP contribution in [0.4, 0.5) is 23.1 Å². The van der Waals surface area contributed by atoms with E-state index in [1.54, 1.807) is 42.9 Å². The fraction of sp³-hybridized carbons (Fsp3) is 0.100. The number of rotatable bonds is 8. The average molecular weight is 375 g/mol. The molecule has 0 atom stereocenters. The van der Waals surface area contributed by atoms with Gasteiger partial charge in [0, 0.05) is 37.8 Å². The number of carbonyl (C=O) groups excluding carboxylic acids is 1. The molecule has 0 aliphatic rings. The summed E-state index contributed by atoms with van der Waals surface area (Å²) in [6.07, 6.45) is 8.20. The van der Waals surface area contributed by atoms with Gasteiger partial charge in [-0.2, -0.15) is 0 Å². The molecule has 0 bridgehead atoms. The Kier molecular flexibility index (Phi) is 6.51. The van der Waals surface area contributed by atoms with Crippen LogP contribution in [0.15, 0.2) is 67.1 Å². The molecule has 0 fully saturated rings. The number of anilines is 4. The quantitative estimate of drug-likeness (QED) is 0.271. The molecule has 3 rings (SSSR count). The van der Waals surface area contributed by atoms with Crippen LogP contribution >= 0.6 is 0 Å². The van der Waals surface area contributed by atoms with Crippen LogP contribution in [0.5, 0.6) is 0 Å². The van der Waals surface area contributed by atoms with Crippen LogP contribution in [-0.2, 0) is 4.79 Å². The van der Waals surface area contributed by atoms with Gasteiger partial charge in [-0.25, -0.2) is 15.0 Å². The maximum Gasteiger partial charge on any atom is 0.248 e. The highest BCUT2D eigenvalue weighted by Gasteiger charge is 2.01. The molecular weight excluding hydrogens is 354 g/mol. The van der Waals surface area contributed by atoms with Crippen LogP contribution in [0.3, 0.4) is 0 Å². The summed E-state index contributed by atoms with van der Waals surface area (Å²) >= 11 is 0. The molecule has 0 aliphatic carbocycles. The maximum absolute atomic E-state index is 12.0. The summed E-state index contributed by atoms with van der Waals surface area (Å²) in [7, 11) is 0. The number of hydrogen-bond acceptors (Lipinski definition) is 7. The first kappa shape index (κ1) is 18.8. The summed E-state index contributed by atoms with van der Waals surface area (Å²) in [5.74, 6) is 1.08. The number of nitrogens with one attached hydrogen (secondary N) is 3. The minimum atomic E-state index is -0.255. The van der Waals surface area contributed by atoms with E-state index in [2.05, 4.69) is 30.9 Å². The van der Waals surface area contributed by atoms with Gasteiger partial charge in [0.2, 0.25) is 11.9 Å². The molecule has 8 heteroatoms. The van der Waals surface area contributed by atoms with E-state index in [9.17, 15) is 4.79 Å². The number of nitrogens with two attached hydrogens (primary N) is 1. The third kappa shape index (κ3) is 5.80. The van der Waals surface area contributed by atoms with E-state index in [1.165, 1.54) is 6.08 Å². The minimum absolute atomic E-state index is 0.255. The second-order valence-corrected chi connectivity index (χ2v) is 5.81. The minimum Gasteiger partial charge on any atom is -0.397 e. The normalized spacial score (nSPS) is 10.6. The number of benzene rings is 1. The highest BCUT2D eigenvalue weighted by atomic mass is 16.1. The number of amides is 1. The lowest BCUT2D eigenvalue weighted by Gasteiger charge is -2.07. The molecule has 3 aromatic rings. The number of carbonyl (C=O) groups is 1. The van der Waals surface area contributed by atoms with E-state index in [1.807, 2.05) is 24.3 Å². The van der Waals surface area contributed by atoms with Crippen molar-refractivity contribution in [2.75, 3.05) is 34.8 Å². The van der Waals surface area contributed by atoms with E-state index in [0.29, 0.717) is 30.4 Å². The summed E-state index contributed by atoms with van der Waals surface area (Å²) < 4.78 is 0. The summed E-state index contributed by atoms with van der Waals surface area (Å²) in [5.41, 5.74) is 7.74. The van der Waals surface area contributed by atoms with Crippen molar-refractivity contribution in [3.8, 4) is 0 Å². The molecule has 2 aromatic heterocycles. The molecule has 0 saturated carbocycles. The molecule has 28 heavy (non-hydrogen) atoms. The second kappa shape index (κ2) is 9.67. The van der Waals surface area contributed by atoms with Crippen LogP contribution in [0, 0.1) is 0 Å². The Hall–Kier alpha value is -3.94. The molecule has 1 amide bonds. The molecule has 5 N–H and O–H groups in total. The summed E-state index contributed by atoms with van der Waals surface area (Å²) in [5, 5.41) is 9.04. The van der Waals surface area contributed by atoms with Crippen LogP contribution < -0.4 is 21.7 Å². The Morgan fingerprint density at radius 1 is 0.964 bits per heavy atom. The van der Waals surface area contributed by atoms with E-state index in [4.69, 9.17) is 5.73 Å². The van der Waals surface area contributed by atoms with Crippen LogP contribution in [-0.4, -0.2) is 33.9 Å². The molecule has 2 heterocycles. The molecule has 0 saturated heterocycles. The summed E-state index contributed by atoms with van der Waals surface area (Å²) in [4.78, 5) is 24.5. The van der Waals surface area contributed by atoms with Gasteiger partial charge in [0.1, 0.15) is 5.82 Å². The largest absolute Gasteiger partial charge is 0.397 e. The van der Waals surface area contributed by atoms with Crippen LogP contribution in [0.1, 0.15) is 5.56 Å². The standard InChI is InChI=1S/C20H21N7O/c21-16-4-1-2-5-17(16)27-19(28)9-7-15-6-8-18(26-14-15)22-12-13-25-20-23-10-3-11-24-20/h1-11,14H,12-13,21H2,(H,22,26)(H,27,28)(H,23,24,25)/b9-7+. The van der Waals surface area contributed by atoms with Crippen molar-refractivity contribution in [2.45, 2.75) is 0 Å². The predicted molar refractivity (Wildman–Crippen MR) is 112 cm³/mol. The summed E-state index contributed by atoms with van der Waals surface area (Å²) in [6, 6.07) is 12.6. The number of para-hydroxylation sites is 2. The lowest BCUT2D eigenvalue weighted by molar-refractivity contribution is -0.111. The highest BCUT2D eigenvalue weighted by molar-refractivity contribution is 6.03. The van der Waals surface area contributed by atoms with Gasteiger partial charge in [0.05, 0.1) is 11.4 Å². The fourth-order valence-corrected chi connectivity index (χ4v) is 2.32. The maximum atomic E-state index is 12.0. The van der Waals surface area contributed by atoms with Crippen molar-refractivity contribution in [3.63, 3.8) is 0 Å². The average Bonchev–Trinajstić information content (AvgIpc) is 2.73. The van der Waals surface area contributed by atoms with Gasteiger partial charge in [-0.15, -0.1) is 0 Å². The number of pyridine rings is 1. The first-order valence-corrected chi connectivity index (χ1v) is 8.75. The van der Waals surface area contributed by atoms with Gasteiger partial charge in [0.15, 0.2) is 0 Å². The van der Waals surface area contributed by atoms with E-state index < -0.39 is 0 Å². The predicted octanol–water partition coefficient (Wildman–Crippen LogP) is 2.63. The Balaban J connectivity index is 1.44. The molecule has 0 radical (unpaired) electrons. The molecule has 0 aliphatic heterocycles. The fourth-order valence-electron chi connectivity index (χ4n) is 2.32. The third-order valence-corrected chi connectivity index (χ3v) is 3.71. The Labute approximate surface area is 162 Å². The van der Waals surface area contributed by atoms with Gasteiger partial charge in [-0.1, -0.05) is 12.1 Å². The Morgan fingerprint density at radius 2 is 1.75 bits per heavy atom. The lowest BCUT2D eigenvalue weighted by atomic mass is 10.2. The molecule has 0 spiro atoms. The topological polar surface area (TPSA) is 118 Å². The zero-order valence-corrected chi connectivity index (χ0v) is 15.2. The van der Waals surface area contributed by atoms with Gasteiger partial charge >= 0.3 is 0 Å². The van der Waals surface area contributed by atoms with Crippen LogP contribution in [0.25, 0.3) is 6.08 Å². The lowest BCUT2D eigenvalue weighted by Crippen LogP contribution is -2.15. The van der Waals surface area contributed by atoms with Gasteiger partial charge in [-0.3, -0.25) is 4.79 Å². The second-order valence-electron chi connectivity index (χ2n) is 5.81. The molecule has 8 nitrogen and oxygen atoms in total. The van der Waals surface area contributed by atoms with Crippen molar-refractivity contribution in [2.24, 2.45) is 0 Å². The smallest absolute Gasteiger partial charge is 0.248 e. The third-order valence-electron chi connectivity index (χ3n) is 3.71. The van der Waals surface area contributed by atoms with E-state index in [0.717, 1.165) is 11.4 Å². The summed E-state index contributed by atoms with van der Waals surface area (Å²) in [6.45, 7) is 1.33. The first-order chi connectivity index (χ1) is 13.7. The monoisotopic (exact) mass is 375 g/mol. The van der Waals surface area contributed by atoms with E-state index in [-0.39, 0.29) is 5.91 Å². The SMILES string of the molecule is Nc1ccccc1NC(=O)/C=C/c1ccc(NCCNc2ncccn2)nc1. The molecule has 0 unspecified atom stereocenters.